The van der Waals surface area contributed by atoms with E-state index in [0.29, 0.717) is 5.25 Å². The van der Waals surface area contributed by atoms with Crippen molar-refractivity contribution in [3.05, 3.63) is 0 Å². The molecule has 0 aromatic heterocycles. The molecule has 1 nitrogen and oxygen atoms in total. The molecule has 7 heavy (non-hydrogen) atoms. The summed E-state index contributed by atoms with van der Waals surface area (Å²) < 4.78 is 5.01. The molecule has 0 aliphatic rings. The van der Waals surface area contributed by atoms with Gasteiger partial charge in [-0.2, -0.15) is 0 Å². The van der Waals surface area contributed by atoms with E-state index in [2.05, 4.69) is 13.8 Å². The Bertz CT molecular complexity index is 37.1. The first kappa shape index (κ1) is 7.31. The summed E-state index contributed by atoms with van der Waals surface area (Å²) in [5.74, 6) is 0. The molecule has 0 saturated carbocycles. The topological polar surface area (TPSA) is 9.23 Å². The van der Waals surface area contributed by atoms with Crippen LogP contribution in [0, 0.1) is 0 Å². The van der Waals surface area contributed by atoms with E-state index in [9.17, 15) is 0 Å². The minimum atomic E-state index is 0.597. The molecule has 0 fully saturated rings. The van der Waals surface area contributed by atoms with Crippen LogP contribution in [0.3, 0.4) is 0 Å². The Morgan fingerprint density at radius 2 is 2.14 bits per heavy atom. The quantitative estimate of drug-likeness (QED) is 0.527. The lowest BCUT2D eigenvalue weighted by Gasteiger charge is -1.99. The molecular formula is C5H12OS. The molecular weight excluding hydrogens is 108 g/mol. The Balaban J connectivity index is 2.68. The van der Waals surface area contributed by atoms with Crippen molar-refractivity contribution in [2.45, 2.75) is 26.0 Å². The van der Waals surface area contributed by atoms with Gasteiger partial charge in [0.15, 0.2) is 0 Å². The standard InChI is InChI=1S/C5H12OS/c1-4-6-7-5(2)3/h5H,4H2,1-3H3. The second-order valence-corrected chi connectivity index (χ2v) is 2.92. The lowest BCUT2D eigenvalue weighted by Crippen LogP contribution is -1.87. The maximum Gasteiger partial charge on any atom is 0.0585 e. The highest BCUT2D eigenvalue weighted by atomic mass is 32.2. The minimum absolute atomic E-state index is 0.597. The predicted molar refractivity (Wildman–Crippen MR) is 34.4 cm³/mol. The van der Waals surface area contributed by atoms with E-state index in [1.54, 1.807) is 0 Å². The second-order valence-electron chi connectivity index (χ2n) is 1.55. The molecule has 0 aliphatic heterocycles. The van der Waals surface area contributed by atoms with Crippen LogP contribution in [0.25, 0.3) is 0 Å². The van der Waals surface area contributed by atoms with Crippen molar-refractivity contribution >= 4 is 12.0 Å². The Morgan fingerprint density at radius 1 is 1.57 bits per heavy atom. The van der Waals surface area contributed by atoms with Crippen LogP contribution >= 0.6 is 12.0 Å². The van der Waals surface area contributed by atoms with Gasteiger partial charge in [0.1, 0.15) is 0 Å². The van der Waals surface area contributed by atoms with Crippen molar-refractivity contribution in [1.82, 2.24) is 0 Å². The van der Waals surface area contributed by atoms with Crippen LogP contribution < -0.4 is 0 Å². The summed E-state index contributed by atoms with van der Waals surface area (Å²) in [6, 6.07) is 0. The minimum Gasteiger partial charge on any atom is -0.315 e. The van der Waals surface area contributed by atoms with E-state index in [1.807, 2.05) is 6.92 Å². The van der Waals surface area contributed by atoms with Crippen molar-refractivity contribution in [3.63, 3.8) is 0 Å². The molecule has 0 aromatic rings. The number of rotatable bonds is 3. The van der Waals surface area contributed by atoms with E-state index in [4.69, 9.17) is 4.18 Å². The van der Waals surface area contributed by atoms with Crippen molar-refractivity contribution in [3.8, 4) is 0 Å². The highest BCUT2D eigenvalue weighted by Crippen LogP contribution is 2.08. The summed E-state index contributed by atoms with van der Waals surface area (Å²) in [6.45, 7) is 7.03. The molecule has 0 saturated heterocycles. The fraction of sp³-hybridized carbons (Fsp3) is 1.00. The Labute approximate surface area is 49.6 Å². The summed E-state index contributed by atoms with van der Waals surface area (Å²) in [5.41, 5.74) is 0. The summed E-state index contributed by atoms with van der Waals surface area (Å²) in [5, 5.41) is 0.597. The molecule has 0 atom stereocenters. The predicted octanol–water partition coefficient (Wildman–Crippen LogP) is 2.08. The van der Waals surface area contributed by atoms with Crippen molar-refractivity contribution in [2.24, 2.45) is 0 Å². The van der Waals surface area contributed by atoms with Gasteiger partial charge < -0.3 is 4.18 Å². The molecule has 44 valence electrons. The largest absolute Gasteiger partial charge is 0.315 e. The summed E-state index contributed by atoms with van der Waals surface area (Å²) >= 11 is 1.53. The van der Waals surface area contributed by atoms with Crippen LogP contribution in [0.1, 0.15) is 20.8 Å². The average Bonchev–Trinajstić information content (AvgIpc) is 1.61. The van der Waals surface area contributed by atoms with Crippen LogP contribution in [0.15, 0.2) is 0 Å². The summed E-state index contributed by atoms with van der Waals surface area (Å²) in [4.78, 5) is 0. The average molecular weight is 120 g/mol. The normalized spacial score (nSPS) is 10.3. The molecule has 0 amide bonds. The highest BCUT2D eigenvalue weighted by Gasteiger charge is 1.89. The van der Waals surface area contributed by atoms with Crippen molar-refractivity contribution in [2.75, 3.05) is 6.61 Å². The molecule has 0 aliphatic carbocycles. The lowest BCUT2D eigenvalue weighted by molar-refractivity contribution is 0.399. The Hall–Kier alpha value is 0.310. The van der Waals surface area contributed by atoms with E-state index >= 15 is 0 Å². The van der Waals surface area contributed by atoms with Gasteiger partial charge in [-0.25, -0.2) is 0 Å². The van der Waals surface area contributed by atoms with Gasteiger partial charge in [0.05, 0.1) is 6.61 Å². The van der Waals surface area contributed by atoms with Gasteiger partial charge in [-0.3, -0.25) is 0 Å². The zero-order valence-electron chi connectivity index (χ0n) is 5.10. The fourth-order valence-corrected chi connectivity index (χ4v) is 0.612. The first-order valence-electron chi connectivity index (χ1n) is 2.55. The number of hydrogen-bond acceptors (Lipinski definition) is 2. The Kier molecular flexibility index (Phi) is 4.67. The summed E-state index contributed by atoms with van der Waals surface area (Å²) in [6.07, 6.45) is 0. The van der Waals surface area contributed by atoms with Gasteiger partial charge in [-0.15, -0.1) is 0 Å². The molecule has 0 unspecified atom stereocenters. The van der Waals surface area contributed by atoms with Crippen LogP contribution in [0.4, 0.5) is 0 Å². The van der Waals surface area contributed by atoms with Crippen molar-refractivity contribution < 1.29 is 4.18 Å². The zero-order chi connectivity index (χ0) is 5.70. The van der Waals surface area contributed by atoms with Gasteiger partial charge in [-0.1, -0.05) is 13.8 Å². The molecule has 0 aromatic carbocycles. The third-order valence-corrected chi connectivity index (χ3v) is 1.14. The van der Waals surface area contributed by atoms with Crippen molar-refractivity contribution in [1.29, 1.82) is 0 Å². The van der Waals surface area contributed by atoms with E-state index in [1.165, 1.54) is 12.0 Å². The van der Waals surface area contributed by atoms with E-state index in [-0.39, 0.29) is 0 Å². The molecule has 0 spiro atoms. The maximum absolute atomic E-state index is 5.01. The van der Waals surface area contributed by atoms with E-state index in [0.717, 1.165) is 6.61 Å². The van der Waals surface area contributed by atoms with Crippen LogP contribution in [-0.2, 0) is 4.18 Å². The molecule has 0 radical (unpaired) electrons. The molecule has 0 bridgehead atoms. The van der Waals surface area contributed by atoms with Gasteiger partial charge >= 0.3 is 0 Å². The maximum atomic E-state index is 5.01. The Morgan fingerprint density at radius 3 is 2.29 bits per heavy atom. The lowest BCUT2D eigenvalue weighted by atomic mass is 10.6. The van der Waals surface area contributed by atoms with Crippen LogP contribution in [0.2, 0.25) is 0 Å². The first-order chi connectivity index (χ1) is 3.27. The van der Waals surface area contributed by atoms with Gasteiger partial charge in [0, 0.05) is 5.25 Å². The molecule has 0 rings (SSSR count). The highest BCUT2D eigenvalue weighted by molar-refractivity contribution is 7.95. The summed E-state index contributed by atoms with van der Waals surface area (Å²) in [7, 11) is 0. The molecule has 2 heteroatoms. The molecule has 0 N–H and O–H groups in total. The van der Waals surface area contributed by atoms with Gasteiger partial charge in [-0.05, 0) is 19.0 Å². The second kappa shape index (κ2) is 4.47. The zero-order valence-corrected chi connectivity index (χ0v) is 5.92. The smallest absolute Gasteiger partial charge is 0.0585 e. The van der Waals surface area contributed by atoms with Gasteiger partial charge in [0.25, 0.3) is 0 Å². The van der Waals surface area contributed by atoms with E-state index < -0.39 is 0 Å². The molecule has 0 heterocycles. The SMILES string of the molecule is CCOSC(C)C. The van der Waals surface area contributed by atoms with Gasteiger partial charge in [0.2, 0.25) is 0 Å². The monoisotopic (exact) mass is 120 g/mol. The third kappa shape index (κ3) is 6.31. The third-order valence-electron chi connectivity index (χ3n) is 0.378. The fourth-order valence-electron chi connectivity index (χ4n) is 0.204. The first-order valence-corrected chi connectivity index (χ1v) is 3.36. The number of hydrogen-bond donors (Lipinski definition) is 0. The van der Waals surface area contributed by atoms with Crippen LogP contribution in [-0.4, -0.2) is 11.9 Å². The van der Waals surface area contributed by atoms with Crippen LogP contribution in [0.5, 0.6) is 0 Å².